The number of rotatable bonds is 1. The molecule has 0 saturated heterocycles. The summed E-state index contributed by atoms with van der Waals surface area (Å²) in [6.45, 7) is 0. The average molecular weight is 221 g/mol. The first-order chi connectivity index (χ1) is 8.36. The van der Waals surface area contributed by atoms with Crippen LogP contribution < -0.4 is 5.56 Å². The molecule has 1 aromatic heterocycles. The van der Waals surface area contributed by atoms with Crippen LogP contribution in [0.4, 0.5) is 0 Å². The van der Waals surface area contributed by atoms with Gasteiger partial charge in [-0.3, -0.25) is 4.79 Å². The summed E-state index contributed by atoms with van der Waals surface area (Å²) in [4.78, 5) is 14.6. The Kier molecular flexibility index (Phi) is 2.26. The lowest BCUT2D eigenvalue weighted by Gasteiger charge is -2.05. The summed E-state index contributed by atoms with van der Waals surface area (Å²) in [5.41, 5.74) is 2.00. The molecule has 0 aliphatic heterocycles. The molecule has 0 fully saturated rings. The molecular formula is C15H11NO. The van der Waals surface area contributed by atoms with E-state index in [1.807, 2.05) is 54.6 Å². The van der Waals surface area contributed by atoms with E-state index < -0.39 is 0 Å². The molecule has 82 valence electrons. The van der Waals surface area contributed by atoms with Crippen LogP contribution >= 0.6 is 0 Å². The predicted octanol–water partition coefficient (Wildman–Crippen LogP) is 3.20. The van der Waals surface area contributed by atoms with Gasteiger partial charge in [0.1, 0.15) is 0 Å². The lowest BCUT2D eigenvalue weighted by molar-refractivity contribution is 1.28. The van der Waals surface area contributed by atoms with Crippen molar-refractivity contribution in [3.63, 3.8) is 0 Å². The SMILES string of the molecule is O=c1[nH]ccc2cccc(-c3ccccc3)c12. The third kappa shape index (κ3) is 1.64. The lowest BCUT2D eigenvalue weighted by atomic mass is 10.00. The van der Waals surface area contributed by atoms with Gasteiger partial charge in [0.25, 0.3) is 5.56 Å². The molecule has 0 unspecified atom stereocenters. The molecule has 2 aromatic carbocycles. The van der Waals surface area contributed by atoms with E-state index in [2.05, 4.69) is 4.98 Å². The van der Waals surface area contributed by atoms with Crippen molar-refractivity contribution in [3.05, 3.63) is 71.1 Å². The highest BCUT2D eigenvalue weighted by molar-refractivity contribution is 5.95. The highest BCUT2D eigenvalue weighted by Gasteiger charge is 2.05. The minimum absolute atomic E-state index is 0.0399. The molecule has 1 N–H and O–H groups in total. The van der Waals surface area contributed by atoms with Crippen LogP contribution in [0.1, 0.15) is 0 Å². The van der Waals surface area contributed by atoms with Crippen LogP contribution in [0.5, 0.6) is 0 Å². The van der Waals surface area contributed by atoms with Gasteiger partial charge >= 0.3 is 0 Å². The van der Waals surface area contributed by atoms with E-state index in [1.165, 1.54) is 0 Å². The molecule has 3 aromatic rings. The summed E-state index contributed by atoms with van der Waals surface area (Å²) in [5, 5.41) is 1.72. The Morgan fingerprint density at radius 3 is 2.47 bits per heavy atom. The molecular weight excluding hydrogens is 210 g/mol. The van der Waals surface area contributed by atoms with E-state index in [4.69, 9.17) is 0 Å². The van der Waals surface area contributed by atoms with Crippen LogP contribution in [0.2, 0.25) is 0 Å². The molecule has 0 spiro atoms. The van der Waals surface area contributed by atoms with Crippen LogP contribution in [-0.2, 0) is 0 Å². The van der Waals surface area contributed by atoms with Gasteiger partial charge in [-0.25, -0.2) is 0 Å². The Morgan fingerprint density at radius 1 is 0.824 bits per heavy atom. The first-order valence-corrected chi connectivity index (χ1v) is 5.52. The molecule has 0 saturated carbocycles. The Labute approximate surface area is 98.6 Å². The first kappa shape index (κ1) is 9.85. The molecule has 0 aliphatic rings. The van der Waals surface area contributed by atoms with Crippen LogP contribution in [0.25, 0.3) is 21.9 Å². The average Bonchev–Trinajstić information content (AvgIpc) is 2.39. The van der Waals surface area contributed by atoms with E-state index in [1.54, 1.807) is 6.20 Å². The monoisotopic (exact) mass is 221 g/mol. The van der Waals surface area contributed by atoms with Gasteiger partial charge in [-0.05, 0) is 22.6 Å². The molecule has 0 amide bonds. The number of nitrogens with one attached hydrogen (secondary N) is 1. The second kappa shape index (κ2) is 3.91. The summed E-state index contributed by atoms with van der Waals surface area (Å²) in [7, 11) is 0. The van der Waals surface area contributed by atoms with Crippen LogP contribution in [0, 0.1) is 0 Å². The maximum atomic E-state index is 11.9. The van der Waals surface area contributed by atoms with Gasteiger partial charge in [0.2, 0.25) is 0 Å². The van der Waals surface area contributed by atoms with Crippen molar-refractivity contribution in [2.75, 3.05) is 0 Å². The largest absolute Gasteiger partial charge is 0.329 e. The highest BCUT2D eigenvalue weighted by Crippen LogP contribution is 2.25. The smallest absolute Gasteiger partial charge is 0.256 e. The molecule has 0 bridgehead atoms. The first-order valence-electron chi connectivity index (χ1n) is 5.52. The number of benzene rings is 2. The third-order valence-corrected chi connectivity index (χ3v) is 2.89. The van der Waals surface area contributed by atoms with Crippen LogP contribution in [0.3, 0.4) is 0 Å². The number of hydrogen-bond donors (Lipinski definition) is 1. The maximum absolute atomic E-state index is 11.9. The fourth-order valence-corrected chi connectivity index (χ4v) is 2.10. The zero-order valence-corrected chi connectivity index (χ0v) is 9.18. The zero-order valence-electron chi connectivity index (χ0n) is 9.18. The molecule has 2 heteroatoms. The Morgan fingerprint density at radius 2 is 1.65 bits per heavy atom. The van der Waals surface area contributed by atoms with E-state index >= 15 is 0 Å². The van der Waals surface area contributed by atoms with Gasteiger partial charge in [0.15, 0.2) is 0 Å². The number of aromatic amines is 1. The van der Waals surface area contributed by atoms with Crippen molar-refractivity contribution in [3.8, 4) is 11.1 Å². The van der Waals surface area contributed by atoms with E-state index in [0.29, 0.717) is 0 Å². The number of H-pyrrole nitrogens is 1. The van der Waals surface area contributed by atoms with Crippen molar-refractivity contribution >= 4 is 10.8 Å². The molecule has 3 rings (SSSR count). The van der Waals surface area contributed by atoms with E-state index in [-0.39, 0.29) is 5.56 Å². The third-order valence-electron chi connectivity index (χ3n) is 2.89. The summed E-state index contributed by atoms with van der Waals surface area (Å²) in [5.74, 6) is 0. The van der Waals surface area contributed by atoms with Gasteiger partial charge in [0.05, 0.1) is 5.39 Å². The Balaban J connectivity index is 2.42. The van der Waals surface area contributed by atoms with Crippen LogP contribution in [-0.4, -0.2) is 4.98 Å². The van der Waals surface area contributed by atoms with Crippen molar-refractivity contribution in [2.45, 2.75) is 0 Å². The topological polar surface area (TPSA) is 32.9 Å². The second-order valence-corrected chi connectivity index (χ2v) is 3.94. The summed E-state index contributed by atoms with van der Waals surface area (Å²) in [6.07, 6.45) is 1.68. The van der Waals surface area contributed by atoms with Crippen molar-refractivity contribution in [1.82, 2.24) is 4.98 Å². The molecule has 0 radical (unpaired) electrons. The fraction of sp³-hybridized carbons (Fsp3) is 0. The van der Waals surface area contributed by atoms with Gasteiger partial charge in [-0.2, -0.15) is 0 Å². The van der Waals surface area contributed by atoms with E-state index in [0.717, 1.165) is 21.9 Å². The maximum Gasteiger partial charge on any atom is 0.256 e. The fourth-order valence-electron chi connectivity index (χ4n) is 2.10. The standard InChI is InChI=1S/C15H11NO/c17-15-14-12(9-10-16-15)7-4-8-13(14)11-5-2-1-3-6-11/h1-10H,(H,16,17). The number of fused-ring (bicyclic) bond motifs is 1. The second-order valence-electron chi connectivity index (χ2n) is 3.94. The molecule has 0 atom stereocenters. The van der Waals surface area contributed by atoms with Crippen molar-refractivity contribution in [2.24, 2.45) is 0 Å². The number of aromatic nitrogens is 1. The van der Waals surface area contributed by atoms with Crippen molar-refractivity contribution in [1.29, 1.82) is 0 Å². The van der Waals surface area contributed by atoms with Crippen molar-refractivity contribution < 1.29 is 0 Å². The predicted molar refractivity (Wildman–Crippen MR) is 70.0 cm³/mol. The van der Waals surface area contributed by atoms with Crippen LogP contribution in [0.15, 0.2) is 65.6 Å². The van der Waals surface area contributed by atoms with E-state index in [9.17, 15) is 4.79 Å². The molecule has 2 nitrogen and oxygen atoms in total. The number of hydrogen-bond acceptors (Lipinski definition) is 1. The Bertz CT molecular complexity index is 708. The normalized spacial score (nSPS) is 10.6. The Hall–Kier alpha value is -2.35. The minimum atomic E-state index is -0.0399. The summed E-state index contributed by atoms with van der Waals surface area (Å²) < 4.78 is 0. The highest BCUT2D eigenvalue weighted by atomic mass is 16.1. The van der Waals surface area contributed by atoms with Gasteiger partial charge < -0.3 is 4.98 Å². The van der Waals surface area contributed by atoms with Gasteiger partial charge in [-0.1, -0.05) is 48.5 Å². The minimum Gasteiger partial charge on any atom is -0.329 e. The summed E-state index contributed by atoms with van der Waals surface area (Å²) in [6, 6.07) is 17.8. The molecule has 17 heavy (non-hydrogen) atoms. The summed E-state index contributed by atoms with van der Waals surface area (Å²) >= 11 is 0. The zero-order chi connectivity index (χ0) is 11.7. The molecule has 1 heterocycles. The lowest BCUT2D eigenvalue weighted by Crippen LogP contribution is -2.05. The quantitative estimate of drug-likeness (QED) is 0.672. The van der Waals surface area contributed by atoms with Gasteiger partial charge in [-0.15, -0.1) is 0 Å². The number of pyridine rings is 1. The molecule has 0 aliphatic carbocycles. The van der Waals surface area contributed by atoms with Gasteiger partial charge in [0, 0.05) is 6.20 Å².